The lowest BCUT2D eigenvalue weighted by atomic mass is 9.85. The third kappa shape index (κ3) is 14.1. The van der Waals surface area contributed by atoms with Crippen molar-refractivity contribution in [2.45, 2.75) is 124 Å². The topological polar surface area (TPSA) is 199 Å². The molecule has 0 saturated carbocycles. The number of rotatable bonds is 23. The Kier molecular flexibility index (Phi) is 18.9. The van der Waals surface area contributed by atoms with Crippen LogP contribution in [0.3, 0.4) is 0 Å². The Bertz CT molecular complexity index is 3060. The zero-order valence-corrected chi connectivity index (χ0v) is 47.4. The summed E-state index contributed by atoms with van der Waals surface area (Å²) in [6.45, 7) is 17.0. The largest absolute Gasteiger partial charge is 0.494 e. The number of aliphatic imine (C=N–C) groups is 1. The van der Waals surface area contributed by atoms with E-state index in [1.165, 1.54) is 9.78 Å². The molecule has 0 unspecified atom stereocenters. The SMILES string of the molecule is Cc1ncsc1-c1ccc(CCC(=O)[C@@H]2C[C@@H](O)CN2C(=O)[C@@H](NC(=O)COCCCOCCCOc2ccc([C@H](C)NC(=O)C[C@@H]3N=C(c4ccc(Cl)cc4)c4c(sc(C)c4C)-n4c(C)nnc43)cc2)C(C)(C)C)cc1. The molecule has 3 amide bonds. The number of thiazole rings is 1. The van der Waals surface area contributed by atoms with Crippen LogP contribution in [-0.2, 0) is 35.1 Å². The van der Waals surface area contributed by atoms with Crippen molar-refractivity contribution in [2.75, 3.05) is 39.6 Å². The van der Waals surface area contributed by atoms with Crippen molar-refractivity contribution in [1.29, 1.82) is 0 Å². The van der Waals surface area contributed by atoms with E-state index in [0.29, 0.717) is 55.7 Å². The number of carbonyl (C=O) groups is 4. The maximum Gasteiger partial charge on any atom is 0.246 e. The first-order valence-electron chi connectivity index (χ1n) is 26.2. The van der Waals surface area contributed by atoms with E-state index in [4.69, 9.17) is 30.8 Å². The first-order chi connectivity index (χ1) is 36.9. The molecule has 6 aromatic rings. The molecule has 0 spiro atoms. The molecule has 77 heavy (non-hydrogen) atoms. The zero-order valence-electron chi connectivity index (χ0n) is 45.1. The quantitative estimate of drug-likeness (QED) is 0.0517. The molecule has 1 saturated heterocycles. The average Bonchev–Trinajstić information content (AvgIpc) is 4.31. The van der Waals surface area contributed by atoms with Gasteiger partial charge in [-0.25, -0.2) is 4.98 Å². The Morgan fingerprint density at radius 2 is 1.55 bits per heavy atom. The molecule has 19 heteroatoms. The minimum atomic E-state index is -0.934. The fraction of sp³-hybridized carbons (Fsp3) is 0.448. The van der Waals surface area contributed by atoms with Gasteiger partial charge in [-0.1, -0.05) is 80.9 Å². The highest BCUT2D eigenvalue weighted by Gasteiger charge is 2.44. The Balaban J connectivity index is 0.720. The van der Waals surface area contributed by atoms with Crippen LogP contribution in [0.15, 0.2) is 83.3 Å². The number of fused-ring (bicyclic) bond motifs is 3. The number of aliphatic hydroxyl groups excluding tert-OH is 1. The predicted molar refractivity (Wildman–Crippen MR) is 300 cm³/mol. The fourth-order valence-corrected chi connectivity index (χ4v) is 11.8. The lowest BCUT2D eigenvalue weighted by Gasteiger charge is -2.35. The third-order valence-corrected chi connectivity index (χ3v) is 16.4. The molecule has 3 aromatic heterocycles. The van der Waals surface area contributed by atoms with Gasteiger partial charge in [-0.05, 0) is 99.4 Å². The van der Waals surface area contributed by atoms with E-state index >= 15 is 0 Å². The van der Waals surface area contributed by atoms with Gasteiger partial charge in [0.15, 0.2) is 11.6 Å². The molecule has 5 heterocycles. The number of carbonyl (C=O) groups excluding carboxylic acids is 4. The van der Waals surface area contributed by atoms with Crippen LogP contribution in [0.2, 0.25) is 5.02 Å². The van der Waals surface area contributed by atoms with Gasteiger partial charge in [0, 0.05) is 66.7 Å². The van der Waals surface area contributed by atoms with Crippen molar-refractivity contribution in [3.63, 3.8) is 0 Å². The molecule has 2 aliphatic heterocycles. The Hall–Kier alpha value is -6.15. The van der Waals surface area contributed by atoms with Crippen LogP contribution in [0.25, 0.3) is 15.4 Å². The van der Waals surface area contributed by atoms with Gasteiger partial charge < -0.3 is 34.9 Å². The predicted octanol–water partition coefficient (Wildman–Crippen LogP) is 9.39. The van der Waals surface area contributed by atoms with Crippen molar-refractivity contribution in [1.82, 2.24) is 35.3 Å². The molecule has 408 valence electrons. The number of β-amino-alcohol motifs (C(OH)–C–C–N with tert-alkyl or cyclic N) is 1. The van der Waals surface area contributed by atoms with Gasteiger partial charge in [-0.2, -0.15) is 0 Å². The van der Waals surface area contributed by atoms with Gasteiger partial charge in [0.2, 0.25) is 17.7 Å². The number of thiophene rings is 1. The summed E-state index contributed by atoms with van der Waals surface area (Å²) in [6.07, 6.45) is 1.35. The lowest BCUT2D eigenvalue weighted by Crippen LogP contribution is -2.57. The number of nitrogens with zero attached hydrogens (tertiary/aromatic N) is 6. The van der Waals surface area contributed by atoms with Crippen LogP contribution in [0.4, 0.5) is 0 Å². The number of ketones is 1. The van der Waals surface area contributed by atoms with Gasteiger partial charge in [-0.3, -0.25) is 28.7 Å². The number of aryl methyl sites for hydroxylation is 4. The van der Waals surface area contributed by atoms with Crippen LogP contribution in [0.5, 0.6) is 5.75 Å². The number of nitrogens with one attached hydrogen (secondary N) is 2. The van der Waals surface area contributed by atoms with E-state index in [0.717, 1.165) is 60.5 Å². The van der Waals surface area contributed by atoms with Crippen LogP contribution in [0.1, 0.15) is 122 Å². The van der Waals surface area contributed by atoms with Crippen molar-refractivity contribution in [3.05, 3.63) is 133 Å². The summed E-state index contributed by atoms with van der Waals surface area (Å²) in [5.41, 5.74) is 8.97. The summed E-state index contributed by atoms with van der Waals surface area (Å²) in [5.74, 6) is 0.921. The van der Waals surface area contributed by atoms with Crippen molar-refractivity contribution < 1.29 is 38.5 Å². The molecular formula is C58H69ClN8O8S2. The summed E-state index contributed by atoms with van der Waals surface area (Å²) in [4.78, 5) is 67.7. The number of likely N-dealkylation sites (tertiary alicyclic amines) is 1. The molecule has 0 aliphatic carbocycles. The second-order valence-corrected chi connectivity index (χ2v) is 23.4. The minimum absolute atomic E-state index is 0.0239. The van der Waals surface area contributed by atoms with E-state index < -0.39 is 41.5 Å². The first kappa shape index (κ1) is 57.0. The van der Waals surface area contributed by atoms with E-state index in [-0.39, 0.29) is 56.8 Å². The normalized spacial score (nSPS) is 17.0. The van der Waals surface area contributed by atoms with Crippen molar-refractivity contribution in [3.8, 4) is 21.2 Å². The first-order valence-corrected chi connectivity index (χ1v) is 28.3. The zero-order chi connectivity index (χ0) is 55.0. The number of amides is 3. The van der Waals surface area contributed by atoms with Crippen molar-refractivity contribution in [2.24, 2.45) is 10.4 Å². The van der Waals surface area contributed by atoms with E-state index in [1.807, 2.05) is 124 Å². The molecule has 3 aromatic carbocycles. The van der Waals surface area contributed by atoms with Gasteiger partial charge in [0.05, 0.1) is 53.0 Å². The lowest BCUT2D eigenvalue weighted by molar-refractivity contribution is -0.144. The number of benzene rings is 3. The number of hydrogen-bond donors (Lipinski definition) is 3. The number of hydrogen-bond acceptors (Lipinski definition) is 14. The second kappa shape index (κ2) is 25.5. The van der Waals surface area contributed by atoms with Gasteiger partial charge in [0.1, 0.15) is 35.3 Å². The summed E-state index contributed by atoms with van der Waals surface area (Å²) in [7, 11) is 0. The fourth-order valence-electron chi connectivity index (χ4n) is 9.64. The molecule has 0 radical (unpaired) electrons. The molecule has 2 aliphatic rings. The van der Waals surface area contributed by atoms with E-state index in [1.54, 1.807) is 22.7 Å². The highest BCUT2D eigenvalue weighted by atomic mass is 35.5. The highest BCUT2D eigenvalue weighted by Crippen LogP contribution is 2.40. The van der Waals surface area contributed by atoms with Crippen LogP contribution in [-0.4, -0.2) is 117 Å². The number of Topliss-reactive ketones (excluding diaryl/α,β-unsaturated/α-hetero) is 1. The maximum atomic E-state index is 14.0. The molecule has 5 atom stereocenters. The summed E-state index contributed by atoms with van der Waals surface area (Å²) >= 11 is 9.52. The molecule has 3 N–H and O–H groups in total. The summed E-state index contributed by atoms with van der Waals surface area (Å²) < 4.78 is 19.4. The molecule has 8 rings (SSSR count). The van der Waals surface area contributed by atoms with E-state index in [9.17, 15) is 24.3 Å². The second-order valence-electron chi connectivity index (χ2n) is 20.9. The minimum Gasteiger partial charge on any atom is -0.494 e. The van der Waals surface area contributed by atoms with Gasteiger partial charge in [0.25, 0.3) is 0 Å². The molecule has 1 fully saturated rings. The number of aliphatic hydroxyl groups is 1. The Labute approximate surface area is 463 Å². The van der Waals surface area contributed by atoms with Gasteiger partial charge >= 0.3 is 0 Å². The molecular weight excluding hydrogens is 1040 g/mol. The number of aromatic nitrogens is 4. The maximum absolute atomic E-state index is 14.0. The van der Waals surface area contributed by atoms with Gasteiger partial charge in [-0.15, -0.1) is 32.9 Å². The molecule has 0 bridgehead atoms. The Morgan fingerprint density at radius 1 is 0.857 bits per heavy atom. The summed E-state index contributed by atoms with van der Waals surface area (Å²) in [5, 5.41) is 27.2. The monoisotopic (exact) mass is 1100 g/mol. The number of ether oxygens (including phenoxy) is 3. The highest BCUT2D eigenvalue weighted by molar-refractivity contribution is 7.15. The van der Waals surface area contributed by atoms with Crippen LogP contribution in [0, 0.1) is 33.1 Å². The number of halogens is 1. The smallest absolute Gasteiger partial charge is 0.246 e. The van der Waals surface area contributed by atoms with Crippen LogP contribution < -0.4 is 15.4 Å². The van der Waals surface area contributed by atoms with Crippen LogP contribution >= 0.6 is 34.3 Å². The van der Waals surface area contributed by atoms with E-state index in [2.05, 4.69) is 39.7 Å². The third-order valence-electron chi connectivity index (χ3n) is 14.0. The van der Waals surface area contributed by atoms with Crippen molar-refractivity contribution >= 4 is 63.5 Å². The standard InChI is InChI=1S/C58H69ClN8O8S2/c1-34-37(4)77-57-51(34)52(41-16-20-43(59)21-17-41)62-46(55-65-64-38(5)67(55)57)30-49(70)61-35(2)40-18-22-45(23-19-40)75-28-10-26-73-25-9-27-74-32-50(71)63-54(58(6,7)8)56(72)66-31-44(68)29-47(66)48(69)24-13-39-11-14-42(15-12-39)53-36(3)60-33-76-53/h11-12,14-23,33,35,44,46-47,54,68H,9-10,13,24-32H2,1-8H3,(H,61,70)(H,63,71)/t35-,44+,46-,47-,54+/m0/s1. The average molecular weight is 1110 g/mol. The Morgan fingerprint density at radius 3 is 2.23 bits per heavy atom. The molecule has 16 nitrogen and oxygen atoms in total. The summed E-state index contributed by atoms with van der Waals surface area (Å²) in [6, 6.07) is 20.8.